The highest BCUT2D eigenvalue weighted by Gasteiger charge is 2.15. The van der Waals surface area contributed by atoms with Crippen LogP contribution in [0.4, 0.5) is 11.5 Å². The molecule has 0 aliphatic heterocycles. The van der Waals surface area contributed by atoms with Crippen molar-refractivity contribution in [3.05, 3.63) is 51.7 Å². The zero-order chi connectivity index (χ0) is 14.5. The summed E-state index contributed by atoms with van der Waals surface area (Å²) in [5.74, 6) is 0.0656. The van der Waals surface area contributed by atoms with E-state index in [0.29, 0.717) is 16.9 Å². The smallest absolute Gasteiger partial charge is 0.273 e. The Morgan fingerprint density at radius 1 is 1.40 bits per heavy atom. The summed E-state index contributed by atoms with van der Waals surface area (Å²) in [7, 11) is 0. The average molecular weight is 275 g/mol. The van der Waals surface area contributed by atoms with Gasteiger partial charge in [0, 0.05) is 23.7 Å². The number of rotatable bonds is 5. The van der Waals surface area contributed by atoms with Gasteiger partial charge in [-0.05, 0) is 0 Å². The first-order valence-electron chi connectivity index (χ1n) is 5.84. The van der Waals surface area contributed by atoms with Crippen molar-refractivity contribution >= 4 is 17.4 Å². The Labute approximate surface area is 114 Å². The van der Waals surface area contributed by atoms with E-state index in [-0.39, 0.29) is 24.6 Å². The highest BCUT2D eigenvalue weighted by atomic mass is 16.6. The number of benzene rings is 1. The van der Waals surface area contributed by atoms with Gasteiger partial charge in [-0.25, -0.2) is 0 Å². The van der Waals surface area contributed by atoms with Gasteiger partial charge in [-0.3, -0.25) is 20.0 Å². The lowest BCUT2D eigenvalue weighted by Gasteiger charge is -2.05. The molecule has 1 amide bonds. The van der Waals surface area contributed by atoms with Crippen LogP contribution in [-0.4, -0.2) is 21.0 Å². The van der Waals surface area contributed by atoms with Gasteiger partial charge in [-0.2, -0.15) is 5.10 Å². The number of nitro benzene ring substituents is 1. The van der Waals surface area contributed by atoms with Gasteiger partial charge in [0.25, 0.3) is 5.69 Å². The van der Waals surface area contributed by atoms with Gasteiger partial charge in [0.05, 0.1) is 17.5 Å². The van der Waals surface area contributed by atoms with Crippen molar-refractivity contribution in [1.29, 1.82) is 0 Å². The Morgan fingerprint density at radius 2 is 2.15 bits per heavy atom. The number of nitrogens with one attached hydrogen (secondary N) is 2. The molecule has 104 valence electrons. The monoisotopic (exact) mass is 275 g/mol. The van der Waals surface area contributed by atoms with E-state index in [1.165, 1.54) is 12.3 Å². The van der Waals surface area contributed by atoms with Crippen LogP contribution in [-0.2, 0) is 17.8 Å². The van der Waals surface area contributed by atoms with Gasteiger partial charge in [0.1, 0.15) is 5.82 Å². The number of amides is 1. The highest BCUT2D eigenvalue weighted by molar-refractivity contribution is 5.79. The van der Waals surface area contributed by atoms with Crippen molar-refractivity contribution in [2.24, 2.45) is 0 Å². The van der Waals surface area contributed by atoms with Crippen molar-refractivity contribution in [2.75, 3.05) is 5.73 Å². The maximum Gasteiger partial charge on any atom is 0.273 e. The predicted octanol–water partition coefficient (Wildman–Crippen LogP) is 0.759. The molecule has 2 aromatic rings. The number of anilines is 1. The minimum atomic E-state index is -0.503. The van der Waals surface area contributed by atoms with Gasteiger partial charge >= 0.3 is 0 Å². The van der Waals surface area contributed by atoms with Gasteiger partial charge in [-0.15, -0.1) is 0 Å². The van der Waals surface area contributed by atoms with Crippen LogP contribution in [0.1, 0.15) is 11.1 Å². The molecule has 1 heterocycles. The molecular formula is C12H13N5O3. The van der Waals surface area contributed by atoms with E-state index >= 15 is 0 Å². The topological polar surface area (TPSA) is 127 Å². The number of nitro groups is 1. The Kier molecular flexibility index (Phi) is 3.94. The minimum absolute atomic E-state index is 0.0606. The quantitative estimate of drug-likeness (QED) is 0.548. The SMILES string of the molecule is Nc1[nH]ncc1CNC(=O)Cc1ccccc1[N+](=O)[O-]. The molecule has 1 aromatic carbocycles. The van der Waals surface area contributed by atoms with Gasteiger partial charge in [0.15, 0.2) is 0 Å². The molecule has 0 radical (unpaired) electrons. The molecule has 0 atom stereocenters. The summed E-state index contributed by atoms with van der Waals surface area (Å²) in [5, 5.41) is 19.8. The second kappa shape index (κ2) is 5.83. The number of carbonyl (C=O) groups is 1. The van der Waals surface area contributed by atoms with E-state index in [2.05, 4.69) is 15.5 Å². The molecule has 2 rings (SSSR count). The fourth-order valence-corrected chi connectivity index (χ4v) is 1.73. The molecular weight excluding hydrogens is 262 g/mol. The Hall–Kier alpha value is -2.90. The zero-order valence-corrected chi connectivity index (χ0v) is 10.5. The Balaban J connectivity index is 1.98. The third-order valence-electron chi connectivity index (χ3n) is 2.77. The standard InChI is InChI=1S/C12H13N5O3/c13-12-9(7-15-16-12)6-14-11(18)5-8-3-1-2-4-10(8)17(19)20/h1-4,7H,5-6H2,(H,14,18)(H3,13,15,16). The van der Waals surface area contributed by atoms with Crippen LogP contribution in [0, 0.1) is 10.1 Å². The number of hydrogen-bond acceptors (Lipinski definition) is 5. The molecule has 20 heavy (non-hydrogen) atoms. The zero-order valence-electron chi connectivity index (χ0n) is 10.5. The third kappa shape index (κ3) is 3.10. The molecule has 0 aliphatic carbocycles. The first-order valence-corrected chi connectivity index (χ1v) is 5.84. The Bertz CT molecular complexity index is 638. The summed E-state index contributed by atoms with van der Waals surface area (Å²) >= 11 is 0. The summed E-state index contributed by atoms with van der Waals surface area (Å²) in [4.78, 5) is 22.1. The maximum atomic E-state index is 11.8. The molecule has 4 N–H and O–H groups in total. The molecule has 0 fully saturated rings. The van der Waals surface area contributed by atoms with Gasteiger partial charge in [0.2, 0.25) is 5.91 Å². The second-order valence-corrected chi connectivity index (χ2v) is 4.15. The number of nitrogens with zero attached hydrogens (tertiary/aromatic N) is 2. The van der Waals surface area contributed by atoms with Crippen LogP contribution >= 0.6 is 0 Å². The number of nitrogen functional groups attached to an aromatic ring is 1. The van der Waals surface area contributed by atoms with Gasteiger partial charge < -0.3 is 11.1 Å². The van der Waals surface area contributed by atoms with Crippen LogP contribution in [0.15, 0.2) is 30.5 Å². The molecule has 8 nitrogen and oxygen atoms in total. The van der Waals surface area contributed by atoms with E-state index in [0.717, 1.165) is 0 Å². The predicted molar refractivity (Wildman–Crippen MR) is 71.6 cm³/mol. The lowest BCUT2D eigenvalue weighted by atomic mass is 10.1. The number of nitrogens with two attached hydrogens (primary N) is 1. The number of aromatic nitrogens is 2. The van der Waals surface area contributed by atoms with Crippen molar-refractivity contribution in [2.45, 2.75) is 13.0 Å². The average Bonchev–Trinajstić information content (AvgIpc) is 2.82. The van der Waals surface area contributed by atoms with Crippen LogP contribution in [0.3, 0.4) is 0 Å². The van der Waals surface area contributed by atoms with E-state index in [9.17, 15) is 14.9 Å². The molecule has 0 bridgehead atoms. The van der Waals surface area contributed by atoms with E-state index in [1.807, 2.05) is 0 Å². The van der Waals surface area contributed by atoms with E-state index in [1.54, 1.807) is 18.2 Å². The van der Waals surface area contributed by atoms with Crippen LogP contribution in [0.25, 0.3) is 0 Å². The van der Waals surface area contributed by atoms with Crippen LogP contribution < -0.4 is 11.1 Å². The molecule has 0 saturated carbocycles. The van der Waals surface area contributed by atoms with Crippen LogP contribution in [0.5, 0.6) is 0 Å². The maximum absolute atomic E-state index is 11.8. The highest BCUT2D eigenvalue weighted by Crippen LogP contribution is 2.18. The minimum Gasteiger partial charge on any atom is -0.384 e. The van der Waals surface area contributed by atoms with Crippen LogP contribution in [0.2, 0.25) is 0 Å². The second-order valence-electron chi connectivity index (χ2n) is 4.15. The fourth-order valence-electron chi connectivity index (χ4n) is 1.73. The van der Waals surface area contributed by atoms with Crippen molar-refractivity contribution in [3.8, 4) is 0 Å². The summed E-state index contributed by atoms with van der Waals surface area (Å²) < 4.78 is 0. The van der Waals surface area contributed by atoms with Gasteiger partial charge in [-0.1, -0.05) is 18.2 Å². The molecule has 0 unspecified atom stereocenters. The summed E-state index contributed by atoms with van der Waals surface area (Å²) in [6.07, 6.45) is 1.45. The van der Waals surface area contributed by atoms with Crippen molar-refractivity contribution in [3.63, 3.8) is 0 Å². The summed E-state index contributed by atoms with van der Waals surface area (Å²) in [5.41, 5.74) is 6.56. The number of aromatic amines is 1. The fraction of sp³-hybridized carbons (Fsp3) is 0.167. The lowest BCUT2D eigenvalue weighted by molar-refractivity contribution is -0.385. The Morgan fingerprint density at radius 3 is 2.80 bits per heavy atom. The number of carbonyl (C=O) groups excluding carboxylic acids is 1. The molecule has 1 aromatic heterocycles. The molecule has 0 aliphatic rings. The lowest BCUT2D eigenvalue weighted by Crippen LogP contribution is -2.25. The van der Waals surface area contributed by atoms with Crippen molar-refractivity contribution < 1.29 is 9.72 Å². The number of H-pyrrole nitrogens is 1. The third-order valence-corrected chi connectivity index (χ3v) is 2.77. The summed E-state index contributed by atoms with van der Waals surface area (Å²) in [6, 6.07) is 6.15. The first kappa shape index (κ1) is 13.5. The largest absolute Gasteiger partial charge is 0.384 e. The molecule has 0 spiro atoms. The number of hydrogen-bond donors (Lipinski definition) is 3. The summed E-state index contributed by atoms with van der Waals surface area (Å²) in [6.45, 7) is 0.224. The van der Waals surface area contributed by atoms with E-state index in [4.69, 9.17) is 5.73 Å². The first-order chi connectivity index (χ1) is 9.58. The normalized spacial score (nSPS) is 10.2. The molecule has 8 heteroatoms. The number of para-hydroxylation sites is 1. The van der Waals surface area contributed by atoms with E-state index < -0.39 is 4.92 Å². The molecule has 0 saturated heterocycles. The van der Waals surface area contributed by atoms with Crippen molar-refractivity contribution in [1.82, 2.24) is 15.5 Å².